The Labute approximate surface area is 383 Å². The average molecular weight is 928 g/mol. The van der Waals surface area contributed by atoms with Gasteiger partial charge < -0.3 is 38.4 Å². The molecule has 0 radical (unpaired) electrons. The molecule has 1 fully saturated rings. The number of pyridine rings is 1. The third-order valence-corrected chi connectivity index (χ3v) is 10.0. The van der Waals surface area contributed by atoms with Gasteiger partial charge in [-0.3, -0.25) is 20.1 Å². The first-order valence-corrected chi connectivity index (χ1v) is 21.6. The molecule has 19 nitrogen and oxygen atoms in total. The van der Waals surface area contributed by atoms with Crippen LogP contribution in [0.4, 0.5) is 9.93 Å². The molecule has 2 amide bonds. The number of carbonyl (C=O) groups excluding carboxylic acids is 5. The van der Waals surface area contributed by atoms with E-state index in [-0.39, 0.29) is 65.0 Å². The van der Waals surface area contributed by atoms with Crippen molar-refractivity contribution >= 4 is 51.9 Å². The van der Waals surface area contributed by atoms with Gasteiger partial charge in [0.1, 0.15) is 36.7 Å². The van der Waals surface area contributed by atoms with Crippen molar-refractivity contribution in [1.82, 2.24) is 15.5 Å². The highest BCUT2D eigenvalue weighted by atomic mass is 32.1. The van der Waals surface area contributed by atoms with Crippen LogP contribution in [0.1, 0.15) is 89.2 Å². The molecule has 1 saturated heterocycles. The molecule has 2 aromatic carbocycles. The van der Waals surface area contributed by atoms with Crippen LogP contribution in [0.15, 0.2) is 94.1 Å². The van der Waals surface area contributed by atoms with E-state index in [1.807, 2.05) is 60.7 Å². The smallest absolute Gasteiger partial charge is 0.413 e. The van der Waals surface area contributed by atoms with Crippen molar-refractivity contribution in [2.24, 2.45) is 11.1 Å². The molecular weight excluding hydrogens is 877 g/mol. The van der Waals surface area contributed by atoms with E-state index in [0.29, 0.717) is 0 Å². The zero-order valence-corrected chi connectivity index (χ0v) is 38.4. The lowest BCUT2D eigenvalue weighted by Gasteiger charge is -2.35. The molecule has 0 saturated carbocycles. The number of esters is 2. The zero-order chi connectivity index (χ0) is 47.8. The first-order valence-electron chi connectivity index (χ1n) is 20.7. The van der Waals surface area contributed by atoms with Crippen LogP contribution in [0.25, 0.3) is 11.4 Å². The van der Waals surface area contributed by atoms with Crippen molar-refractivity contribution in [3.05, 3.63) is 107 Å². The SMILES string of the molecule is CC(C)(C)OC(=O)Nc1nc(/C(=N/OC(C)(C)C(=O)OC(C)(C)C)C(=O)C[C@@H]2C(=O)N[C@@H]2COC(=O)c2cc(-c3cc(OCc4ccccc4)c(OCc4ccccc4)c[n+]3O)no2)cs1. The lowest BCUT2D eigenvalue weighted by molar-refractivity contribution is -0.896. The second kappa shape index (κ2) is 20.2. The van der Waals surface area contributed by atoms with Crippen molar-refractivity contribution in [3.63, 3.8) is 0 Å². The monoisotopic (exact) mass is 927 g/mol. The van der Waals surface area contributed by atoms with Gasteiger partial charge in [-0.2, -0.15) is 0 Å². The van der Waals surface area contributed by atoms with Crippen LogP contribution in [-0.2, 0) is 46.6 Å². The fraction of sp³-hybridized carbons (Fsp3) is 0.370. The first-order chi connectivity index (χ1) is 31.1. The normalized spacial score (nSPS) is 15.2. The Bertz CT molecular complexity index is 2580. The summed E-state index contributed by atoms with van der Waals surface area (Å²) in [6.07, 6.45) is 0.0950. The van der Waals surface area contributed by atoms with Crippen molar-refractivity contribution in [3.8, 4) is 22.9 Å². The van der Waals surface area contributed by atoms with Crippen LogP contribution in [0.3, 0.4) is 0 Å². The third kappa shape index (κ3) is 13.1. The van der Waals surface area contributed by atoms with E-state index in [9.17, 15) is 29.2 Å². The summed E-state index contributed by atoms with van der Waals surface area (Å²) >= 11 is 0.969. The van der Waals surface area contributed by atoms with Crippen molar-refractivity contribution in [2.45, 2.75) is 97.9 Å². The van der Waals surface area contributed by atoms with Gasteiger partial charge in [0.25, 0.3) is 11.9 Å². The molecule has 66 heavy (non-hydrogen) atoms. The lowest BCUT2D eigenvalue weighted by Crippen LogP contribution is -2.61. The number of amides is 2. The number of hydrogen-bond donors (Lipinski definition) is 3. The molecule has 1 aliphatic heterocycles. The number of carbonyl (C=O) groups is 5. The van der Waals surface area contributed by atoms with Crippen molar-refractivity contribution in [1.29, 1.82) is 0 Å². The Morgan fingerprint density at radius 1 is 0.879 bits per heavy atom. The van der Waals surface area contributed by atoms with Gasteiger partial charge in [0, 0.05) is 22.6 Å². The minimum absolute atomic E-state index is 0.0201. The molecule has 0 bridgehead atoms. The van der Waals surface area contributed by atoms with Gasteiger partial charge in [-0.1, -0.05) is 71.0 Å². The summed E-state index contributed by atoms with van der Waals surface area (Å²) in [7, 11) is 0. The van der Waals surface area contributed by atoms with Crippen molar-refractivity contribution < 1.29 is 67.0 Å². The largest absolute Gasteiger partial charge is 0.484 e. The Hall–Kier alpha value is -7.35. The molecule has 0 aliphatic carbocycles. The molecule has 5 aromatic rings. The van der Waals surface area contributed by atoms with Gasteiger partial charge >= 0.3 is 18.0 Å². The standard InChI is InChI=1S/C46H50N6O13S/c1-44(2,3)62-41(56)46(7,8)65-51-38(32-26-66-42(48-32)49-43(57)63-45(4,5)6)34(53)19-29-31(47-39(29)54)25-61-40(55)36-20-30(50-64-36)33-21-35(59-23-27-15-11-9-12-16-27)37(22-52(33)58)60-24-28-17-13-10-14-18-28/h9-18,20-22,26,29,31H,19,23-25H2,1-8H3,(H2-,47,48,49,50,54,57,58)/p+1/b51-38-/t29-,31+/m0/s1. The number of ketones is 1. The number of nitrogens with zero attached hydrogens (tertiary/aromatic N) is 4. The molecule has 3 aromatic heterocycles. The van der Waals surface area contributed by atoms with E-state index >= 15 is 0 Å². The maximum Gasteiger partial charge on any atom is 0.413 e. The van der Waals surface area contributed by atoms with Crippen LogP contribution >= 0.6 is 11.3 Å². The topological polar surface area (TPSA) is 240 Å². The maximum absolute atomic E-state index is 13.9. The predicted octanol–water partition coefficient (Wildman–Crippen LogP) is 6.60. The summed E-state index contributed by atoms with van der Waals surface area (Å²) in [5.74, 6) is -3.70. The molecule has 348 valence electrons. The molecule has 0 spiro atoms. The fourth-order valence-corrected chi connectivity index (χ4v) is 6.63. The molecule has 2 atom stereocenters. The van der Waals surface area contributed by atoms with Gasteiger partial charge in [-0.15, -0.1) is 11.3 Å². The highest BCUT2D eigenvalue weighted by molar-refractivity contribution is 7.14. The van der Waals surface area contributed by atoms with E-state index < -0.39 is 64.9 Å². The minimum atomic E-state index is -1.66. The average Bonchev–Trinajstić information content (AvgIpc) is 3.93. The van der Waals surface area contributed by atoms with Crippen LogP contribution in [0.5, 0.6) is 11.5 Å². The van der Waals surface area contributed by atoms with E-state index in [2.05, 4.69) is 25.9 Å². The number of thiazole rings is 1. The third-order valence-electron chi connectivity index (χ3n) is 9.27. The summed E-state index contributed by atoms with van der Waals surface area (Å²) in [6, 6.07) is 20.9. The highest BCUT2D eigenvalue weighted by Gasteiger charge is 2.43. The van der Waals surface area contributed by atoms with Gasteiger partial charge in [0.15, 0.2) is 28.1 Å². The summed E-state index contributed by atoms with van der Waals surface area (Å²) in [5.41, 5.74) is -1.74. The predicted molar refractivity (Wildman–Crippen MR) is 236 cm³/mol. The number of anilines is 1. The fourth-order valence-electron chi connectivity index (χ4n) is 5.95. The Kier molecular flexibility index (Phi) is 14.7. The number of benzene rings is 2. The van der Waals surface area contributed by atoms with E-state index in [1.54, 1.807) is 41.5 Å². The maximum atomic E-state index is 13.9. The van der Waals surface area contributed by atoms with Crippen LogP contribution in [-0.4, -0.2) is 80.2 Å². The number of hydrogen-bond acceptors (Lipinski definition) is 17. The number of oxime groups is 1. The number of rotatable bonds is 18. The minimum Gasteiger partial charge on any atom is -0.484 e. The van der Waals surface area contributed by atoms with Gasteiger partial charge in [0.05, 0.1) is 18.0 Å². The van der Waals surface area contributed by atoms with E-state index in [4.69, 9.17) is 33.0 Å². The van der Waals surface area contributed by atoms with Crippen LogP contribution in [0, 0.1) is 5.92 Å². The van der Waals surface area contributed by atoms with Crippen LogP contribution in [0.2, 0.25) is 0 Å². The van der Waals surface area contributed by atoms with Crippen molar-refractivity contribution in [2.75, 3.05) is 11.9 Å². The molecule has 1 aliphatic rings. The molecular formula is C46H51N6O13S+. The summed E-state index contributed by atoms with van der Waals surface area (Å²) in [4.78, 5) is 75.2. The first kappa shape index (κ1) is 48.1. The summed E-state index contributed by atoms with van der Waals surface area (Å²) in [6.45, 7) is 13.0. The number of nitrogens with one attached hydrogen (secondary N) is 2. The molecule has 0 unspecified atom stereocenters. The molecule has 20 heteroatoms. The number of ether oxygens (including phenoxy) is 5. The number of aromatic nitrogens is 3. The Balaban J connectivity index is 1.14. The van der Waals surface area contributed by atoms with E-state index in [0.717, 1.165) is 27.2 Å². The number of β-lactam (4-membered cyclic amide) rings is 1. The quantitative estimate of drug-likeness (QED) is 0.0160. The molecule has 4 heterocycles. The van der Waals surface area contributed by atoms with Gasteiger partial charge in [-0.05, 0) is 66.5 Å². The highest BCUT2D eigenvalue weighted by Crippen LogP contribution is 2.32. The second-order valence-corrected chi connectivity index (χ2v) is 18.4. The second-order valence-electron chi connectivity index (χ2n) is 17.5. The molecule has 6 rings (SSSR count). The molecule has 3 N–H and O–H groups in total. The summed E-state index contributed by atoms with van der Waals surface area (Å²) < 4.78 is 34.4. The Morgan fingerprint density at radius 3 is 2.11 bits per heavy atom. The summed E-state index contributed by atoms with van der Waals surface area (Å²) in [5, 5.41) is 25.7. The van der Waals surface area contributed by atoms with Gasteiger partial charge in [-0.25, -0.2) is 19.4 Å². The van der Waals surface area contributed by atoms with E-state index in [1.165, 1.54) is 37.6 Å². The van der Waals surface area contributed by atoms with Crippen LogP contribution < -0.4 is 24.8 Å². The zero-order valence-electron chi connectivity index (χ0n) is 37.6. The number of Topliss-reactive ketones (excluding diaryl/α,β-unsaturated/α-hetero) is 1. The Morgan fingerprint density at radius 2 is 1.50 bits per heavy atom. The lowest BCUT2D eigenvalue weighted by atomic mass is 9.85. The van der Waals surface area contributed by atoms with Gasteiger partial charge in [0.2, 0.25) is 23.0 Å².